The third-order valence-electron chi connectivity index (χ3n) is 2.28. The molecule has 4 N–H and O–H groups in total. The van der Waals surface area contributed by atoms with E-state index in [0.29, 0.717) is 16.6 Å². The topological polar surface area (TPSA) is 125 Å². The summed E-state index contributed by atoms with van der Waals surface area (Å²) >= 11 is 3.20. The minimum atomic E-state index is -1.05. The van der Waals surface area contributed by atoms with Crippen molar-refractivity contribution in [1.29, 1.82) is 5.26 Å². The molecule has 7 nitrogen and oxygen atoms in total. The number of carbonyl (C=O) groups excluding carboxylic acids is 2. The Morgan fingerprint density at radius 3 is 2.76 bits per heavy atom. The van der Waals surface area contributed by atoms with Crippen LogP contribution in [0.25, 0.3) is 6.08 Å². The number of hydrogen-bond donors (Lipinski definition) is 3. The van der Waals surface area contributed by atoms with Crippen molar-refractivity contribution in [3.05, 3.63) is 27.7 Å². The summed E-state index contributed by atoms with van der Waals surface area (Å²) in [6.45, 7) is 2.09. The maximum atomic E-state index is 11.6. The van der Waals surface area contributed by atoms with Crippen molar-refractivity contribution in [3.63, 3.8) is 0 Å². The van der Waals surface area contributed by atoms with Gasteiger partial charge in [-0.1, -0.05) is 15.9 Å². The van der Waals surface area contributed by atoms with Gasteiger partial charge in [-0.15, -0.1) is 0 Å². The number of phenols is 1. The van der Waals surface area contributed by atoms with E-state index >= 15 is 0 Å². The average Bonchev–Trinajstić information content (AvgIpc) is 2.39. The molecule has 8 heteroatoms. The molecular formula is C13H12BrN3O4. The Morgan fingerprint density at radius 1 is 1.57 bits per heavy atom. The molecule has 3 amide bonds. The number of nitrogens with two attached hydrogens (primary N) is 1. The Morgan fingerprint density at radius 2 is 2.24 bits per heavy atom. The highest BCUT2D eigenvalue weighted by molar-refractivity contribution is 9.10. The minimum Gasteiger partial charge on any atom is -0.504 e. The number of carbonyl (C=O) groups is 2. The highest BCUT2D eigenvalue weighted by atomic mass is 79.9. The summed E-state index contributed by atoms with van der Waals surface area (Å²) in [5.74, 6) is -0.788. The highest BCUT2D eigenvalue weighted by Gasteiger charge is 2.13. The lowest BCUT2D eigenvalue weighted by molar-refractivity contribution is -0.115. The lowest BCUT2D eigenvalue weighted by Gasteiger charge is -2.08. The molecule has 0 saturated carbocycles. The number of benzene rings is 1. The first kappa shape index (κ1) is 16.5. The van der Waals surface area contributed by atoms with E-state index in [9.17, 15) is 14.7 Å². The van der Waals surface area contributed by atoms with E-state index in [0.717, 1.165) is 0 Å². The zero-order chi connectivity index (χ0) is 16.0. The highest BCUT2D eigenvalue weighted by Crippen LogP contribution is 2.33. The number of aromatic hydroxyl groups is 1. The summed E-state index contributed by atoms with van der Waals surface area (Å²) in [7, 11) is 0. The van der Waals surface area contributed by atoms with Gasteiger partial charge in [0.25, 0.3) is 5.91 Å². The predicted octanol–water partition coefficient (Wildman–Crippen LogP) is 1.66. The standard InChI is InChI=1S/C13H12BrN3O4/c1-2-21-11-4-7(9(14)5-10(11)18)3-8(6-15)12(19)17-13(16)20/h3-5,18H,2H2,1H3,(H3,16,17,19,20)/b8-3-. The van der Waals surface area contributed by atoms with Crippen LogP contribution >= 0.6 is 15.9 Å². The van der Waals surface area contributed by atoms with Crippen LogP contribution in [-0.2, 0) is 4.79 Å². The Hall–Kier alpha value is -2.53. The van der Waals surface area contributed by atoms with Gasteiger partial charge in [-0.25, -0.2) is 4.79 Å². The van der Waals surface area contributed by atoms with Gasteiger partial charge in [0, 0.05) is 4.47 Å². The molecule has 0 spiro atoms. The molecule has 0 bridgehead atoms. The number of rotatable bonds is 4. The lowest BCUT2D eigenvalue weighted by atomic mass is 10.1. The lowest BCUT2D eigenvalue weighted by Crippen LogP contribution is -2.35. The van der Waals surface area contributed by atoms with Crippen molar-refractivity contribution in [3.8, 4) is 17.6 Å². The van der Waals surface area contributed by atoms with Crippen LogP contribution in [0.15, 0.2) is 22.2 Å². The second kappa shape index (κ2) is 7.31. The number of primary amides is 1. The second-order valence-electron chi connectivity index (χ2n) is 3.76. The van der Waals surface area contributed by atoms with E-state index in [1.54, 1.807) is 18.3 Å². The molecule has 21 heavy (non-hydrogen) atoms. The molecule has 0 heterocycles. The number of phenolic OH excluding ortho intramolecular Hbond substituents is 1. The van der Waals surface area contributed by atoms with Gasteiger partial charge in [-0.05, 0) is 30.7 Å². The van der Waals surface area contributed by atoms with E-state index in [1.165, 1.54) is 18.2 Å². The van der Waals surface area contributed by atoms with Gasteiger partial charge in [-0.3, -0.25) is 10.1 Å². The van der Waals surface area contributed by atoms with Crippen LogP contribution in [0, 0.1) is 11.3 Å². The fourth-order valence-corrected chi connectivity index (χ4v) is 1.87. The number of ether oxygens (including phenoxy) is 1. The average molecular weight is 354 g/mol. The first-order valence-corrected chi connectivity index (χ1v) is 6.56. The molecule has 1 rings (SSSR count). The molecule has 110 valence electrons. The minimum absolute atomic E-state index is 0.0824. The quantitative estimate of drug-likeness (QED) is 0.560. The molecular weight excluding hydrogens is 342 g/mol. The smallest absolute Gasteiger partial charge is 0.319 e. The van der Waals surface area contributed by atoms with E-state index in [4.69, 9.17) is 15.7 Å². The summed E-state index contributed by atoms with van der Waals surface area (Å²) in [4.78, 5) is 22.2. The molecule has 0 aliphatic rings. The van der Waals surface area contributed by atoms with Gasteiger partial charge >= 0.3 is 6.03 Å². The fourth-order valence-electron chi connectivity index (χ4n) is 1.42. The van der Waals surface area contributed by atoms with Crippen LogP contribution in [0.2, 0.25) is 0 Å². The van der Waals surface area contributed by atoms with Crippen LogP contribution in [-0.4, -0.2) is 23.7 Å². The molecule has 0 fully saturated rings. The second-order valence-corrected chi connectivity index (χ2v) is 4.62. The van der Waals surface area contributed by atoms with Crippen molar-refractivity contribution >= 4 is 33.9 Å². The van der Waals surface area contributed by atoms with Crippen molar-refractivity contribution in [2.45, 2.75) is 6.92 Å². The van der Waals surface area contributed by atoms with Gasteiger partial charge in [0.2, 0.25) is 0 Å². The summed E-state index contributed by atoms with van der Waals surface area (Å²) in [6.07, 6.45) is 1.24. The predicted molar refractivity (Wildman–Crippen MR) is 78.3 cm³/mol. The zero-order valence-corrected chi connectivity index (χ0v) is 12.6. The number of nitrogens with zero attached hydrogens (tertiary/aromatic N) is 1. The first-order chi connectivity index (χ1) is 9.88. The van der Waals surface area contributed by atoms with Crippen molar-refractivity contribution < 1.29 is 19.4 Å². The third kappa shape index (κ3) is 4.50. The number of imide groups is 1. The van der Waals surface area contributed by atoms with Gasteiger partial charge in [0.05, 0.1) is 6.61 Å². The van der Waals surface area contributed by atoms with E-state index in [-0.39, 0.29) is 17.1 Å². The Kier molecular flexibility index (Phi) is 5.75. The zero-order valence-electron chi connectivity index (χ0n) is 11.0. The largest absolute Gasteiger partial charge is 0.504 e. The van der Waals surface area contributed by atoms with Crippen LogP contribution < -0.4 is 15.8 Å². The molecule has 0 saturated heterocycles. The Bertz CT molecular complexity index is 650. The van der Waals surface area contributed by atoms with Crippen LogP contribution in [0.5, 0.6) is 11.5 Å². The Balaban J connectivity index is 3.22. The Labute approximate surface area is 129 Å². The van der Waals surface area contributed by atoms with Gasteiger partial charge in [0.1, 0.15) is 11.6 Å². The number of halogens is 1. The molecule has 0 aliphatic heterocycles. The van der Waals surface area contributed by atoms with E-state index in [2.05, 4.69) is 15.9 Å². The van der Waals surface area contributed by atoms with E-state index in [1.807, 2.05) is 0 Å². The summed E-state index contributed by atoms with van der Waals surface area (Å²) in [5.41, 5.74) is 4.93. The third-order valence-corrected chi connectivity index (χ3v) is 2.97. The monoisotopic (exact) mass is 353 g/mol. The molecule has 1 aromatic rings. The van der Waals surface area contributed by atoms with Crippen LogP contribution in [0.3, 0.4) is 0 Å². The van der Waals surface area contributed by atoms with Crippen molar-refractivity contribution in [2.75, 3.05) is 6.61 Å². The number of nitriles is 1. The van der Waals surface area contributed by atoms with Gasteiger partial charge in [0.15, 0.2) is 11.5 Å². The van der Waals surface area contributed by atoms with Crippen LogP contribution in [0.1, 0.15) is 12.5 Å². The summed E-state index contributed by atoms with van der Waals surface area (Å²) < 4.78 is 5.66. The number of amides is 3. The molecule has 0 unspecified atom stereocenters. The van der Waals surface area contributed by atoms with Gasteiger partial charge < -0.3 is 15.6 Å². The molecule has 0 aromatic heterocycles. The molecule has 0 aliphatic carbocycles. The SMILES string of the molecule is CCOc1cc(/C=C(/C#N)C(=O)NC(N)=O)c(Br)cc1O. The summed E-state index contributed by atoms with van der Waals surface area (Å²) in [6, 6.07) is 3.44. The normalized spacial score (nSPS) is 10.6. The molecule has 1 aromatic carbocycles. The number of nitrogens with one attached hydrogen (secondary N) is 1. The number of hydrogen-bond acceptors (Lipinski definition) is 5. The summed E-state index contributed by atoms with van der Waals surface area (Å²) in [5, 5.41) is 20.4. The molecule has 0 atom stereocenters. The maximum Gasteiger partial charge on any atom is 0.319 e. The number of urea groups is 1. The molecule has 0 radical (unpaired) electrons. The first-order valence-electron chi connectivity index (χ1n) is 5.77. The van der Waals surface area contributed by atoms with Gasteiger partial charge in [-0.2, -0.15) is 5.26 Å². The van der Waals surface area contributed by atoms with E-state index < -0.39 is 11.9 Å². The fraction of sp³-hybridized carbons (Fsp3) is 0.154. The maximum absolute atomic E-state index is 11.6. The van der Waals surface area contributed by atoms with Crippen LogP contribution in [0.4, 0.5) is 4.79 Å². The van der Waals surface area contributed by atoms with Crippen molar-refractivity contribution in [2.24, 2.45) is 5.73 Å². The van der Waals surface area contributed by atoms with Crippen molar-refractivity contribution in [1.82, 2.24) is 5.32 Å².